The molecule has 0 aliphatic rings. The highest BCUT2D eigenvalue weighted by molar-refractivity contribution is 5.95. The summed E-state index contributed by atoms with van der Waals surface area (Å²) in [6.07, 6.45) is 1.71. The maximum Gasteiger partial charge on any atom is 0.252 e. The zero-order chi connectivity index (χ0) is 16.6. The molecule has 2 aromatic carbocycles. The largest absolute Gasteiger partial charge is 0.489 e. The molecule has 0 fully saturated rings. The summed E-state index contributed by atoms with van der Waals surface area (Å²) in [5.41, 5.74) is 2.29. The lowest BCUT2D eigenvalue weighted by atomic mass is 10.1. The molecule has 0 radical (unpaired) electrons. The van der Waals surface area contributed by atoms with E-state index in [0.717, 1.165) is 17.0 Å². The van der Waals surface area contributed by atoms with Gasteiger partial charge in [-0.25, -0.2) is 0 Å². The SMILES string of the molecule is O=C(NCc1ccccn1)c1ccccc1COc1ccccc1. The van der Waals surface area contributed by atoms with Gasteiger partial charge >= 0.3 is 0 Å². The Labute approximate surface area is 141 Å². The molecule has 1 N–H and O–H groups in total. The van der Waals surface area contributed by atoms with E-state index in [1.54, 1.807) is 12.3 Å². The summed E-state index contributed by atoms with van der Waals surface area (Å²) in [5, 5.41) is 2.90. The summed E-state index contributed by atoms with van der Waals surface area (Å²) >= 11 is 0. The molecule has 3 aromatic rings. The number of para-hydroxylation sites is 1. The summed E-state index contributed by atoms with van der Waals surface area (Å²) in [6.45, 7) is 0.741. The number of rotatable bonds is 6. The highest BCUT2D eigenvalue weighted by Gasteiger charge is 2.11. The zero-order valence-corrected chi connectivity index (χ0v) is 13.2. The van der Waals surface area contributed by atoms with Crippen molar-refractivity contribution in [1.82, 2.24) is 10.3 Å². The molecule has 4 nitrogen and oxygen atoms in total. The Morgan fingerprint density at radius 2 is 1.67 bits per heavy atom. The lowest BCUT2D eigenvalue weighted by Gasteiger charge is -2.11. The van der Waals surface area contributed by atoms with Crippen molar-refractivity contribution in [1.29, 1.82) is 0 Å². The van der Waals surface area contributed by atoms with Crippen LogP contribution in [0.15, 0.2) is 79.0 Å². The fourth-order valence-corrected chi connectivity index (χ4v) is 2.31. The van der Waals surface area contributed by atoms with Gasteiger partial charge in [-0.1, -0.05) is 42.5 Å². The number of carbonyl (C=O) groups is 1. The number of amides is 1. The summed E-state index contributed by atoms with van der Waals surface area (Å²) in [6, 6.07) is 22.6. The monoisotopic (exact) mass is 318 g/mol. The average Bonchev–Trinajstić information content (AvgIpc) is 2.66. The van der Waals surface area contributed by atoms with Gasteiger partial charge in [-0.15, -0.1) is 0 Å². The molecular weight excluding hydrogens is 300 g/mol. The summed E-state index contributed by atoms with van der Waals surface area (Å²) in [7, 11) is 0. The van der Waals surface area contributed by atoms with Crippen molar-refractivity contribution < 1.29 is 9.53 Å². The van der Waals surface area contributed by atoms with Gasteiger partial charge in [0.2, 0.25) is 0 Å². The second-order valence-corrected chi connectivity index (χ2v) is 5.26. The molecule has 0 saturated heterocycles. The van der Waals surface area contributed by atoms with Crippen molar-refractivity contribution in [3.05, 3.63) is 95.8 Å². The lowest BCUT2D eigenvalue weighted by Crippen LogP contribution is -2.24. The maximum absolute atomic E-state index is 12.5. The summed E-state index contributed by atoms with van der Waals surface area (Å²) < 4.78 is 5.75. The van der Waals surface area contributed by atoms with Crippen molar-refractivity contribution in [2.45, 2.75) is 13.2 Å². The number of hydrogen-bond acceptors (Lipinski definition) is 3. The van der Waals surface area contributed by atoms with Crippen LogP contribution in [0.25, 0.3) is 0 Å². The molecule has 0 aliphatic heterocycles. The van der Waals surface area contributed by atoms with Crippen LogP contribution in [0.4, 0.5) is 0 Å². The molecule has 0 spiro atoms. The number of ether oxygens (including phenoxy) is 1. The van der Waals surface area contributed by atoms with E-state index in [4.69, 9.17) is 4.74 Å². The van der Waals surface area contributed by atoms with Crippen LogP contribution in [0.1, 0.15) is 21.6 Å². The molecule has 24 heavy (non-hydrogen) atoms. The molecule has 1 aromatic heterocycles. The quantitative estimate of drug-likeness (QED) is 0.755. The maximum atomic E-state index is 12.5. The molecule has 120 valence electrons. The normalized spacial score (nSPS) is 10.2. The summed E-state index contributed by atoms with van der Waals surface area (Å²) in [4.78, 5) is 16.7. The predicted octanol–water partition coefficient (Wildman–Crippen LogP) is 3.59. The van der Waals surface area contributed by atoms with Crippen molar-refractivity contribution in [2.75, 3.05) is 0 Å². The molecule has 0 bridgehead atoms. The number of hydrogen-bond donors (Lipinski definition) is 1. The third kappa shape index (κ3) is 4.20. The smallest absolute Gasteiger partial charge is 0.252 e. The lowest BCUT2D eigenvalue weighted by molar-refractivity contribution is 0.0948. The van der Waals surface area contributed by atoms with Crippen LogP contribution < -0.4 is 10.1 Å². The van der Waals surface area contributed by atoms with E-state index in [9.17, 15) is 4.79 Å². The Morgan fingerprint density at radius 3 is 2.46 bits per heavy atom. The second kappa shape index (κ2) is 7.92. The van der Waals surface area contributed by atoms with Crippen LogP contribution >= 0.6 is 0 Å². The van der Waals surface area contributed by atoms with Crippen LogP contribution in [-0.4, -0.2) is 10.9 Å². The fourth-order valence-electron chi connectivity index (χ4n) is 2.31. The number of carbonyl (C=O) groups excluding carboxylic acids is 1. The van der Waals surface area contributed by atoms with Gasteiger partial charge in [-0.05, 0) is 30.3 Å². The molecule has 0 atom stereocenters. The third-order valence-corrected chi connectivity index (χ3v) is 3.56. The first-order chi connectivity index (χ1) is 11.8. The van der Waals surface area contributed by atoms with Gasteiger partial charge in [0, 0.05) is 17.3 Å². The third-order valence-electron chi connectivity index (χ3n) is 3.56. The number of pyridine rings is 1. The van der Waals surface area contributed by atoms with Crippen molar-refractivity contribution in [3.63, 3.8) is 0 Å². The van der Waals surface area contributed by atoms with E-state index < -0.39 is 0 Å². The van der Waals surface area contributed by atoms with Crippen molar-refractivity contribution >= 4 is 5.91 Å². The summed E-state index contributed by atoms with van der Waals surface area (Å²) in [5.74, 6) is 0.647. The highest BCUT2D eigenvalue weighted by atomic mass is 16.5. The molecule has 1 amide bonds. The standard InChI is InChI=1S/C20H18N2O2/c23-20(22-14-17-9-6-7-13-21-17)19-12-5-4-8-16(19)15-24-18-10-2-1-3-11-18/h1-13H,14-15H2,(H,22,23). The van der Waals surface area contributed by atoms with Gasteiger partial charge in [-0.2, -0.15) is 0 Å². The number of aromatic nitrogens is 1. The van der Waals surface area contributed by atoms with Crippen LogP contribution in [0.3, 0.4) is 0 Å². The predicted molar refractivity (Wildman–Crippen MR) is 92.6 cm³/mol. The number of benzene rings is 2. The van der Waals surface area contributed by atoms with E-state index in [1.165, 1.54) is 0 Å². The first-order valence-corrected chi connectivity index (χ1v) is 7.77. The van der Waals surface area contributed by atoms with E-state index in [2.05, 4.69) is 10.3 Å². The Hall–Kier alpha value is -3.14. The van der Waals surface area contributed by atoms with Gasteiger partial charge in [0.25, 0.3) is 5.91 Å². The first-order valence-electron chi connectivity index (χ1n) is 7.77. The second-order valence-electron chi connectivity index (χ2n) is 5.26. The Bertz CT molecular complexity index is 789. The van der Waals surface area contributed by atoms with Gasteiger partial charge in [-0.3, -0.25) is 9.78 Å². The van der Waals surface area contributed by atoms with Crippen LogP contribution in [-0.2, 0) is 13.2 Å². The Kier molecular flexibility index (Phi) is 5.20. The zero-order valence-electron chi connectivity index (χ0n) is 13.2. The van der Waals surface area contributed by atoms with Crippen LogP contribution in [0.2, 0.25) is 0 Å². The van der Waals surface area contributed by atoms with Crippen molar-refractivity contribution in [3.8, 4) is 5.75 Å². The fraction of sp³-hybridized carbons (Fsp3) is 0.100. The number of nitrogens with zero attached hydrogens (tertiary/aromatic N) is 1. The molecular formula is C20H18N2O2. The average molecular weight is 318 g/mol. The van der Waals surface area contributed by atoms with Crippen LogP contribution in [0, 0.1) is 0 Å². The molecule has 0 aliphatic carbocycles. The van der Waals surface area contributed by atoms with E-state index >= 15 is 0 Å². The van der Waals surface area contributed by atoms with E-state index in [-0.39, 0.29) is 5.91 Å². The minimum absolute atomic E-state index is 0.132. The Morgan fingerprint density at radius 1 is 0.917 bits per heavy atom. The van der Waals surface area contributed by atoms with Crippen molar-refractivity contribution in [2.24, 2.45) is 0 Å². The van der Waals surface area contributed by atoms with Gasteiger partial charge in [0.15, 0.2) is 0 Å². The molecule has 1 heterocycles. The molecule has 3 rings (SSSR count). The Balaban J connectivity index is 1.65. The first kappa shape index (κ1) is 15.7. The van der Waals surface area contributed by atoms with Crippen LogP contribution in [0.5, 0.6) is 5.75 Å². The van der Waals surface area contributed by atoms with E-state index in [1.807, 2.05) is 66.7 Å². The van der Waals surface area contributed by atoms with E-state index in [0.29, 0.717) is 18.7 Å². The molecule has 0 unspecified atom stereocenters. The molecule has 4 heteroatoms. The highest BCUT2D eigenvalue weighted by Crippen LogP contribution is 2.15. The van der Waals surface area contributed by atoms with Gasteiger partial charge in [0.1, 0.15) is 12.4 Å². The van der Waals surface area contributed by atoms with Gasteiger partial charge in [0.05, 0.1) is 12.2 Å². The minimum atomic E-state index is -0.132. The minimum Gasteiger partial charge on any atom is -0.489 e. The molecule has 0 saturated carbocycles. The topological polar surface area (TPSA) is 51.2 Å². The number of nitrogens with one attached hydrogen (secondary N) is 1. The van der Waals surface area contributed by atoms with Gasteiger partial charge < -0.3 is 10.1 Å².